The number of para-hydroxylation sites is 1. The van der Waals surface area contributed by atoms with E-state index < -0.39 is 0 Å². The van der Waals surface area contributed by atoms with Crippen molar-refractivity contribution in [1.29, 1.82) is 0 Å². The molecule has 0 spiro atoms. The van der Waals surface area contributed by atoms with Gasteiger partial charge in [0.25, 0.3) is 0 Å². The Morgan fingerprint density at radius 3 is 2.20 bits per heavy atom. The van der Waals surface area contributed by atoms with Crippen LogP contribution in [0.25, 0.3) is 0 Å². The van der Waals surface area contributed by atoms with Gasteiger partial charge in [-0.1, -0.05) is 48.5 Å². The molecule has 2 nitrogen and oxygen atoms in total. The van der Waals surface area contributed by atoms with Crippen LogP contribution < -0.4 is 5.01 Å². The van der Waals surface area contributed by atoms with Crippen molar-refractivity contribution < 1.29 is 8.78 Å². The maximum Gasteiger partial charge on any atom is 0.128 e. The topological polar surface area (TPSA) is 15.6 Å². The second-order valence-corrected chi connectivity index (χ2v) is 5.98. The van der Waals surface area contributed by atoms with E-state index in [0.717, 1.165) is 17.0 Å². The molecule has 0 saturated carbocycles. The van der Waals surface area contributed by atoms with E-state index in [9.17, 15) is 8.78 Å². The standard InChI is InChI=1S/C21H16F2N2/c22-16-12-10-15(11-13-16)20-14-21(18-8-4-5-9-19(18)23)25(24-20)17-6-2-1-3-7-17/h1-13,21H,14H2/t21-/m1/s1. The zero-order valence-electron chi connectivity index (χ0n) is 13.4. The fraction of sp³-hybridized carbons (Fsp3) is 0.0952. The van der Waals surface area contributed by atoms with Crippen molar-refractivity contribution >= 4 is 11.4 Å². The molecule has 0 aliphatic carbocycles. The molecule has 3 aromatic carbocycles. The van der Waals surface area contributed by atoms with E-state index in [4.69, 9.17) is 5.10 Å². The number of anilines is 1. The van der Waals surface area contributed by atoms with Crippen molar-refractivity contribution in [3.63, 3.8) is 0 Å². The fourth-order valence-corrected chi connectivity index (χ4v) is 3.13. The van der Waals surface area contributed by atoms with Gasteiger partial charge in [-0.05, 0) is 35.9 Å². The summed E-state index contributed by atoms with van der Waals surface area (Å²) in [5.41, 5.74) is 3.17. The average molecular weight is 334 g/mol. The van der Waals surface area contributed by atoms with E-state index in [1.54, 1.807) is 24.3 Å². The normalized spacial score (nSPS) is 16.8. The predicted molar refractivity (Wildman–Crippen MR) is 95.6 cm³/mol. The van der Waals surface area contributed by atoms with E-state index >= 15 is 0 Å². The number of hydrazone groups is 1. The van der Waals surface area contributed by atoms with E-state index in [1.165, 1.54) is 18.2 Å². The molecular formula is C21H16F2N2. The van der Waals surface area contributed by atoms with Crippen molar-refractivity contribution in [2.24, 2.45) is 5.10 Å². The number of hydrogen-bond donors (Lipinski definition) is 0. The Kier molecular flexibility index (Phi) is 4.02. The molecule has 0 saturated heterocycles. The molecule has 25 heavy (non-hydrogen) atoms. The third-order valence-corrected chi connectivity index (χ3v) is 4.37. The maximum atomic E-state index is 14.4. The molecule has 0 fully saturated rings. The molecule has 0 bridgehead atoms. The first-order valence-electron chi connectivity index (χ1n) is 8.14. The van der Waals surface area contributed by atoms with E-state index in [2.05, 4.69) is 0 Å². The molecule has 4 rings (SSSR count). The van der Waals surface area contributed by atoms with Gasteiger partial charge < -0.3 is 0 Å². The lowest BCUT2D eigenvalue weighted by molar-refractivity contribution is 0.579. The van der Waals surface area contributed by atoms with Gasteiger partial charge in [-0.2, -0.15) is 5.10 Å². The van der Waals surface area contributed by atoms with Crippen LogP contribution >= 0.6 is 0 Å². The Labute approximate surface area is 145 Å². The van der Waals surface area contributed by atoms with Crippen LogP contribution in [0.15, 0.2) is 84.0 Å². The summed E-state index contributed by atoms with van der Waals surface area (Å²) in [7, 11) is 0. The van der Waals surface area contributed by atoms with Gasteiger partial charge in [0.15, 0.2) is 0 Å². The molecule has 1 heterocycles. The predicted octanol–water partition coefficient (Wildman–Crippen LogP) is 5.32. The lowest BCUT2D eigenvalue weighted by atomic mass is 9.98. The number of rotatable bonds is 3. The SMILES string of the molecule is Fc1ccc(C2=NN(c3ccccc3)[C@@H](c3ccccc3F)C2)cc1. The summed E-state index contributed by atoms with van der Waals surface area (Å²) < 4.78 is 27.6. The maximum absolute atomic E-state index is 14.4. The first-order chi connectivity index (χ1) is 12.2. The minimum Gasteiger partial charge on any atom is -0.257 e. The number of hydrogen-bond acceptors (Lipinski definition) is 2. The van der Waals surface area contributed by atoms with Crippen LogP contribution in [0, 0.1) is 11.6 Å². The Balaban J connectivity index is 1.77. The second kappa shape index (κ2) is 6.48. The Morgan fingerprint density at radius 1 is 0.800 bits per heavy atom. The van der Waals surface area contributed by atoms with E-state index in [0.29, 0.717) is 12.0 Å². The molecule has 0 unspecified atom stereocenters. The Morgan fingerprint density at radius 2 is 1.48 bits per heavy atom. The first kappa shape index (κ1) is 15.5. The highest BCUT2D eigenvalue weighted by atomic mass is 19.1. The van der Waals surface area contributed by atoms with Gasteiger partial charge in [0, 0.05) is 12.0 Å². The van der Waals surface area contributed by atoms with E-state index in [1.807, 2.05) is 41.4 Å². The van der Waals surface area contributed by atoms with E-state index in [-0.39, 0.29) is 17.7 Å². The van der Waals surface area contributed by atoms with Crippen LogP contribution in [-0.4, -0.2) is 5.71 Å². The summed E-state index contributed by atoms with van der Waals surface area (Å²) in [5.74, 6) is -0.531. The summed E-state index contributed by atoms with van der Waals surface area (Å²) in [4.78, 5) is 0. The highest BCUT2D eigenvalue weighted by molar-refractivity contribution is 6.03. The van der Waals surface area contributed by atoms with Crippen LogP contribution in [0.4, 0.5) is 14.5 Å². The van der Waals surface area contributed by atoms with Gasteiger partial charge >= 0.3 is 0 Å². The Bertz CT molecular complexity index is 905. The van der Waals surface area contributed by atoms with Crippen LogP contribution in [0.5, 0.6) is 0 Å². The van der Waals surface area contributed by atoms with Gasteiger partial charge in [-0.15, -0.1) is 0 Å². The molecule has 0 N–H and O–H groups in total. The largest absolute Gasteiger partial charge is 0.257 e. The third-order valence-electron chi connectivity index (χ3n) is 4.37. The molecule has 1 aliphatic heterocycles. The summed E-state index contributed by atoms with van der Waals surface area (Å²) in [5, 5.41) is 6.56. The number of benzene rings is 3. The molecule has 0 aromatic heterocycles. The van der Waals surface area contributed by atoms with Gasteiger partial charge in [-0.3, -0.25) is 5.01 Å². The average Bonchev–Trinajstić information content (AvgIpc) is 3.08. The van der Waals surface area contributed by atoms with Crippen LogP contribution in [0.2, 0.25) is 0 Å². The summed E-state index contributed by atoms with van der Waals surface area (Å²) in [6.07, 6.45) is 0.557. The van der Waals surface area contributed by atoms with Crippen molar-refractivity contribution in [2.75, 3.05) is 5.01 Å². The monoisotopic (exact) mass is 334 g/mol. The van der Waals surface area contributed by atoms with Crippen molar-refractivity contribution in [2.45, 2.75) is 12.5 Å². The van der Waals surface area contributed by atoms with Crippen molar-refractivity contribution in [1.82, 2.24) is 0 Å². The number of halogens is 2. The minimum absolute atomic E-state index is 0.233. The van der Waals surface area contributed by atoms with Gasteiger partial charge in [0.1, 0.15) is 11.6 Å². The molecule has 1 atom stereocenters. The Hall–Kier alpha value is -3.01. The molecule has 3 aromatic rings. The molecule has 4 heteroatoms. The molecular weight excluding hydrogens is 318 g/mol. The summed E-state index contributed by atoms with van der Waals surface area (Å²) >= 11 is 0. The van der Waals surface area contributed by atoms with Gasteiger partial charge in [0.2, 0.25) is 0 Å². The van der Waals surface area contributed by atoms with Crippen LogP contribution in [-0.2, 0) is 0 Å². The third kappa shape index (κ3) is 3.03. The highest BCUT2D eigenvalue weighted by Crippen LogP contribution is 2.37. The first-order valence-corrected chi connectivity index (χ1v) is 8.14. The number of nitrogens with zero attached hydrogens (tertiary/aromatic N) is 2. The summed E-state index contributed by atoms with van der Waals surface area (Å²) in [6, 6.07) is 22.5. The fourth-order valence-electron chi connectivity index (χ4n) is 3.13. The zero-order chi connectivity index (χ0) is 17.2. The molecule has 1 aliphatic rings. The van der Waals surface area contributed by atoms with Crippen LogP contribution in [0.1, 0.15) is 23.6 Å². The highest BCUT2D eigenvalue weighted by Gasteiger charge is 2.31. The van der Waals surface area contributed by atoms with Crippen molar-refractivity contribution in [3.8, 4) is 0 Å². The van der Waals surface area contributed by atoms with Crippen LogP contribution in [0.3, 0.4) is 0 Å². The minimum atomic E-state index is -0.284. The quantitative estimate of drug-likeness (QED) is 0.633. The molecule has 124 valence electrons. The van der Waals surface area contributed by atoms with Crippen molar-refractivity contribution in [3.05, 3.63) is 102 Å². The molecule has 0 radical (unpaired) electrons. The summed E-state index contributed by atoms with van der Waals surface area (Å²) in [6.45, 7) is 0. The molecule has 0 amide bonds. The second-order valence-electron chi connectivity index (χ2n) is 5.98. The lowest BCUT2D eigenvalue weighted by Crippen LogP contribution is -2.19. The van der Waals surface area contributed by atoms with Gasteiger partial charge in [0.05, 0.1) is 17.4 Å². The smallest absolute Gasteiger partial charge is 0.128 e. The van der Waals surface area contributed by atoms with Gasteiger partial charge in [-0.25, -0.2) is 8.78 Å². The zero-order valence-corrected chi connectivity index (χ0v) is 13.4. The lowest BCUT2D eigenvalue weighted by Gasteiger charge is -2.24.